The number of thiocarbonyl (C=S) groups is 1. The molecule has 1 fully saturated rings. The number of ether oxygens (including phenoxy) is 1. The summed E-state index contributed by atoms with van der Waals surface area (Å²) in [7, 11) is 1.34. The second-order valence-corrected chi connectivity index (χ2v) is 7.56. The van der Waals surface area contributed by atoms with E-state index in [0.29, 0.717) is 5.56 Å². The van der Waals surface area contributed by atoms with Crippen molar-refractivity contribution in [1.29, 1.82) is 0 Å². The van der Waals surface area contributed by atoms with Gasteiger partial charge in [0.15, 0.2) is 5.11 Å². The summed E-state index contributed by atoms with van der Waals surface area (Å²) < 4.78 is 6.80. The average molecular weight is 438 g/mol. The van der Waals surface area contributed by atoms with E-state index in [4.69, 9.17) is 17.0 Å². The number of carbonyl (C=O) groups is 3. The number of esters is 1. The molecule has 7 nitrogen and oxygen atoms in total. The van der Waals surface area contributed by atoms with Crippen molar-refractivity contribution >= 4 is 41.2 Å². The number of amides is 2. The summed E-state index contributed by atoms with van der Waals surface area (Å²) in [4.78, 5) is 38.3. The molecule has 0 aliphatic carbocycles. The Balaban J connectivity index is 2.05. The van der Waals surface area contributed by atoms with Gasteiger partial charge in [-0.2, -0.15) is 0 Å². The zero-order valence-electron chi connectivity index (χ0n) is 17.8. The monoisotopic (exact) mass is 437 g/mol. The summed E-state index contributed by atoms with van der Waals surface area (Å²) in [5, 5.41) is 2.62. The van der Waals surface area contributed by atoms with E-state index >= 15 is 0 Å². The van der Waals surface area contributed by atoms with E-state index in [9.17, 15) is 14.4 Å². The molecule has 8 heteroatoms. The quantitative estimate of drug-likeness (QED) is 0.256. The summed E-state index contributed by atoms with van der Waals surface area (Å²) in [5.74, 6) is -1.39. The first-order valence-electron chi connectivity index (χ1n) is 9.57. The fourth-order valence-electron chi connectivity index (χ4n) is 3.60. The molecule has 2 aromatic rings. The maximum absolute atomic E-state index is 12.8. The Hall–Kier alpha value is -3.52. The lowest BCUT2D eigenvalue weighted by atomic mass is 10.1. The van der Waals surface area contributed by atoms with E-state index in [1.807, 2.05) is 37.5 Å². The van der Waals surface area contributed by atoms with Gasteiger partial charge in [-0.25, -0.2) is 4.79 Å². The molecular formula is C23H23N3O4S. The first-order chi connectivity index (χ1) is 14.7. The Bertz CT molecular complexity index is 1160. The third kappa shape index (κ3) is 4.06. The molecule has 1 aliphatic heterocycles. The number of nitrogens with one attached hydrogen (secondary N) is 1. The van der Waals surface area contributed by atoms with Crippen LogP contribution in [0.4, 0.5) is 0 Å². The van der Waals surface area contributed by atoms with Crippen LogP contribution in [0.15, 0.2) is 42.5 Å². The Morgan fingerprint density at radius 2 is 1.94 bits per heavy atom. The van der Waals surface area contributed by atoms with Crippen LogP contribution in [-0.2, 0) is 14.3 Å². The van der Waals surface area contributed by atoms with Crippen molar-refractivity contribution in [1.82, 2.24) is 14.8 Å². The fraction of sp³-hybridized carbons (Fsp3) is 0.217. The average Bonchev–Trinajstić information content (AvgIpc) is 3.00. The number of nitrogens with zero attached hydrogens (tertiary/aromatic N) is 2. The molecule has 0 saturated carbocycles. The van der Waals surface area contributed by atoms with Gasteiger partial charge in [0.05, 0.1) is 12.7 Å². The molecule has 1 aromatic heterocycles. The molecule has 1 saturated heterocycles. The molecule has 1 aliphatic rings. The molecule has 160 valence electrons. The third-order valence-electron chi connectivity index (χ3n) is 5.13. The van der Waals surface area contributed by atoms with Crippen molar-refractivity contribution in [3.05, 3.63) is 70.6 Å². The van der Waals surface area contributed by atoms with Gasteiger partial charge in [0.2, 0.25) is 0 Å². The first-order valence-corrected chi connectivity index (χ1v) is 9.98. The Morgan fingerprint density at radius 3 is 2.55 bits per heavy atom. The van der Waals surface area contributed by atoms with Crippen molar-refractivity contribution in [2.75, 3.05) is 13.7 Å². The van der Waals surface area contributed by atoms with Crippen LogP contribution in [0.1, 0.15) is 32.9 Å². The van der Waals surface area contributed by atoms with Crippen LogP contribution >= 0.6 is 12.2 Å². The lowest BCUT2D eigenvalue weighted by Gasteiger charge is -2.27. The highest BCUT2D eigenvalue weighted by Gasteiger charge is 2.33. The van der Waals surface area contributed by atoms with Crippen LogP contribution in [0.3, 0.4) is 0 Å². The normalized spacial score (nSPS) is 15.3. The predicted molar refractivity (Wildman–Crippen MR) is 122 cm³/mol. The van der Waals surface area contributed by atoms with Gasteiger partial charge in [0.25, 0.3) is 11.8 Å². The highest BCUT2D eigenvalue weighted by molar-refractivity contribution is 7.80. The van der Waals surface area contributed by atoms with E-state index in [1.54, 1.807) is 24.3 Å². The van der Waals surface area contributed by atoms with Crippen LogP contribution in [0.25, 0.3) is 11.8 Å². The van der Waals surface area contributed by atoms with Gasteiger partial charge in [-0.1, -0.05) is 6.08 Å². The van der Waals surface area contributed by atoms with Crippen molar-refractivity contribution in [3.63, 3.8) is 0 Å². The minimum atomic E-state index is -0.529. The zero-order valence-corrected chi connectivity index (χ0v) is 18.6. The molecule has 1 N–H and O–H groups in total. The maximum Gasteiger partial charge on any atom is 0.337 e. The van der Waals surface area contributed by atoms with Gasteiger partial charge in [0, 0.05) is 23.6 Å². The van der Waals surface area contributed by atoms with Gasteiger partial charge < -0.3 is 9.30 Å². The number of benzene rings is 1. The third-order valence-corrected chi connectivity index (χ3v) is 5.45. The van der Waals surface area contributed by atoms with Crippen molar-refractivity contribution in [3.8, 4) is 5.69 Å². The molecule has 2 amide bonds. The number of aromatic nitrogens is 1. The van der Waals surface area contributed by atoms with Crippen LogP contribution in [0, 0.1) is 20.8 Å². The smallest absolute Gasteiger partial charge is 0.337 e. The van der Waals surface area contributed by atoms with E-state index in [0.717, 1.165) is 28.2 Å². The number of rotatable bonds is 5. The second-order valence-electron chi connectivity index (χ2n) is 7.18. The topological polar surface area (TPSA) is 80.6 Å². The summed E-state index contributed by atoms with van der Waals surface area (Å²) in [6.45, 7) is 9.59. The largest absolute Gasteiger partial charge is 0.465 e. The molecule has 0 radical (unpaired) electrons. The molecule has 2 heterocycles. The number of hydrogen-bond donors (Lipinski definition) is 1. The number of aryl methyl sites for hydroxylation is 2. The predicted octanol–water partition coefficient (Wildman–Crippen LogP) is 3.00. The van der Waals surface area contributed by atoms with E-state index < -0.39 is 17.8 Å². The Morgan fingerprint density at radius 1 is 1.23 bits per heavy atom. The Labute approximate surface area is 186 Å². The van der Waals surface area contributed by atoms with Gasteiger partial charge >= 0.3 is 5.97 Å². The van der Waals surface area contributed by atoms with E-state index in [-0.39, 0.29) is 17.2 Å². The fourth-order valence-corrected chi connectivity index (χ4v) is 3.85. The zero-order chi connectivity index (χ0) is 22.9. The molecule has 0 atom stereocenters. The lowest BCUT2D eigenvalue weighted by molar-refractivity contribution is -0.128. The van der Waals surface area contributed by atoms with Crippen molar-refractivity contribution < 1.29 is 19.1 Å². The summed E-state index contributed by atoms with van der Waals surface area (Å²) in [6.07, 6.45) is 3.12. The molecule has 0 bridgehead atoms. The van der Waals surface area contributed by atoms with Crippen molar-refractivity contribution in [2.45, 2.75) is 20.8 Å². The van der Waals surface area contributed by atoms with Crippen LogP contribution in [-0.4, -0.2) is 46.0 Å². The highest BCUT2D eigenvalue weighted by Crippen LogP contribution is 2.26. The summed E-state index contributed by atoms with van der Waals surface area (Å²) >= 11 is 5.09. The van der Waals surface area contributed by atoms with E-state index in [1.165, 1.54) is 12.0 Å². The van der Waals surface area contributed by atoms with Crippen molar-refractivity contribution in [2.24, 2.45) is 0 Å². The molecular weight excluding hydrogens is 414 g/mol. The van der Waals surface area contributed by atoms with Crippen LogP contribution in [0.2, 0.25) is 0 Å². The van der Waals surface area contributed by atoms with Crippen LogP contribution < -0.4 is 5.32 Å². The minimum absolute atomic E-state index is 0.00783. The molecule has 1 aromatic carbocycles. The van der Waals surface area contributed by atoms with E-state index in [2.05, 4.69) is 11.9 Å². The molecule has 0 spiro atoms. The Kier molecular flexibility index (Phi) is 6.21. The SMILES string of the molecule is C=CCN1C(=O)/C(=C\c2cc(C)n(-c3ccc(C(=O)OC)cc3C)c2C)C(=O)NC1=S. The summed E-state index contributed by atoms with van der Waals surface area (Å²) in [5.41, 5.74) is 4.76. The van der Waals surface area contributed by atoms with Gasteiger partial charge in [-0.15, -0.1) is 6.58 Å². The number of methoxy groups -OCH3 is 1. The maximum atomic E-state index is 12.8. The standard InChI is InChI=1S/C23H23N3O4S/c1-6-9-25-21(28)18(20(27)24-23(25)31)12-17-11-14(3)26(15(17)4)19-8-7-16(10-13(19)2)22(29)30-5/h6-8,10-12H,1,9H2,2-5H3,(H,24,27,31)/b18-12-. The summed E-state index contributed by atoms with van der Waals surface area (Å²) in [6, 6.07) is 7.23. The first kappa shape index (κ1) is 22.2. The lowest BCUT2D eigenvalue weighted by Crippen LogP contribution is -2.53. The molecule has 0 unspecified atom stereocenters. The second kappa shape index (κ2) is 8.69. The number of hydrogen-bond acceptors (Lipinski definition) is 5. The van der Waals surface area contributed by atoms with Gasteiger partial charge in [-0.05, 0) is 74.5 Å². The molecule has 3 rings (SSSR count). The molecule has 31 heavy (non-hydrogen) atoms. The number of carbonyl (C=O) groups excluding carboxylic acids is 3. The van der Waals surface area contributed by atoms with Gasteiger partial charge in [0.1, 0.15) is 5.57 Å². The van der Waals surface area contributed by atoms with Gasteiger partial charge in [-0.3, -0.25) is 19.8 Å². The van der Waals surface area contributed by atoms with Crippen LogP contribution in [0.5, 0.6) is 0 Å². The highest BCUT2D eigenvalue weighted by atomic mass is 32.1. The minimum Gasteiger partial charge on any atom is -0.465 e.